The van der Waals surface area contributed by atoms with Gasteiger partial charge in [-0.1, -0.05) is 39.8 Å². The van der Waals surface area contributed by atoms with Crippen LogP contribution in [0.25, 0.3) is 6.08 Å². The van der Waals surface area contributed by atoms with Crippen molar-refractivity contribution >= 4 is 17.9 Å². The number of piperazine rings is 1. The summed E-state index contributed by atoms with van der Waals surface area (Å²) in [5.41, 5.74) is 0.750. The fourth-order valence-corrected chi connectivity index (χ4v) is 3.31. The highest BCUT2D eigenvalue weighted by atomic mass is 19.1. The molecule has 1 N–H and O–H groups in total. The van der Waals surface area contributed by atoms with E-state index in [1.165, 1.54) is 18.2 Å². The highest BCUT2D eigenvalue weighted by molar-refractivity contribution is 5.96. The molecule has 2 amide bonds. The van der Waals surface area contributed by atoms with Crippen LogP contribution in [0, 0.1) is 17.7 Å². The van der Waals surface area contributed by atoms with E-state index in [-0.39, 0.29) is 23.7 Å². The van der Waals surface area contributed by atoms with Crippen molar-refractivity contribution in [1.82, 2.24) is 10.2 Å². The molecular formula is C21H29FN2O2. The summed E-state index contributed by atoms with van der Waals surface area (Å²) in [4.78, 5) is 27.1. The van der Waals surface area contributed by atoms with Crippen molar-refractivity contribution in [1.29, 1.82) is 0 Å². The zero-order valence-corrected chi connectivity index (χ0v) is 16.0. The molecule has 1 saturated heterocycles. The van der Waals surface area contributed by atoms with Crippen LogP contribution in [0.4, 0.5) is 4.39 Å². The molecule has 1 aliphatic rings. The first-order valence-corrected chi connectivity index (χ1v) is 9.31. The fraction of sp³-hybridized carbons (Fsp3) is 0.524. The van der Waals surface area contributed by atoms with Crippen LogP contribution in [-0.2, 0) is 9.59 Å². The van der Waals surface area contributed by atoms with Gasteiger partial charge < -0.3 is 10.2 Å². The Bertz CT molecular complexity index is 652. The van der Waals surface area contributed by atoms with Gasteiger partial charge in [0.05, 0.1) is 0 Å². The number of hydrogen-bond donors (Lipinski definition) is 1. The zero-order valence-electron chi connectivity index (χ0n) is 16.0. The Morgan fingerprint density at radius 2 is 1.81 bits per heavy atom. The highest BCUT2D eigenvalue weighted by Crippen LogP contribution is 2.20. The molecule has 1 heterocycles. The fourth-order valence-electron chi connectivity index (χ4n) is 3.31. The number of benzene rings is 1. The van der Waals surface area contributed by atoms with Crippen LogP contribution in [0.2, 0.25) is 0 Å². The van der Waals surface area contributed by atoms with Gasteiger partial charge in [0.25, 0.3) is 0 Å². The highest BCUT2D eigenvalue weighted by Gasteiger charge is 2.36. The number of amides is 2. The molecule has 1 aromatic rings. The summed E-state index contributed by atoms with van der Waals surface area (Å²) >= 11 is 0. The van der Waals surface area contributed by atoms with Crippen molar-refractivity contribution in [2.24, 2.45) is 11.8 Å². The first-order chi connectivity index (χ1) is 12.3. The van der Waals surface area contributed by atoms with Crippen molar-refractivity contribution in [3.05, 3.63) is 41.7 Å². The van der Waals surface area contributed by atoms with Crippen molar-refractivity contribution in [2.45, 2.75) is 52.6 Å². The molecule has 2 atom stereocenters. The Kier molecular flexibility index (Phi) is 6.95. The van der Waals surface area contributed by atoms with Gasteiger partial charge >= 0.3 is 0 Å². The number of nitrogens with one attached hydrogen (secondary N) is 1. The van der Waals surface area contributed by atoms with Gasteiger partial charge in [-0.05, 0) is 48.4 Å². The molecule has 1 fully saturated rings. The second-order valence-corrected chi connectivity index (χ2v) is 7.86. The minimum Gasteiger partial charge on any atom is -0.350 e. The zero-order chi connectivity index (χ0) is 19.3. The second kappa shape index (κ2) is 8.97. The Hall–Kier alpha value is -2.17. The van der Waals surface area contributed by atoms with Crippen molar-refractivity contribution in [3.8, 4) is 0 Å². The van der Waals surface area contributed by atoms with Gasteiger partial charge in [-0.3, -0.25) is 9.59 Å². The molecular weight excluding hydrogens is 331 g/mol. The van der Waals surface area contributed by atoms with Crippen LogP contribution in [-0.4, -0.2) is 35.3 Å². The van der Waals surface area contributed by atoms with Gasteiger partial charge in [0.1, 0.15) is 11.9 Å². The third-order valence-corrected chi connectivity index (χ3v) is 4.46. The van der Waals surface area contributed by atoms with Gasteiger partial charge in [0.2, 0.25) is 11.8 Å². The predicted molar refractivity (Wildman–Crippen MR) is 102 cm³/mol. The van der Waals surface area contributed by atoms with E-state index in [4.69, 9.17) is 0 Å². The van der Waals surface area contributed by atoms with Crippen LogP contribution in [0.5, 0.6) is 0 Å². The molecule has 142 valence electrons. The number of rotatable bonds is 6. The maximum absolute atomic E-state index is 13.0. The van der Waals surface area contributed by atoms with Crippen LogP contribution in [0.1, 0.15) is 46.1 Å². The number of nitrogens with zero attached hydrogens (tertiary/aromatic N) is 1. The molecule has 2 rings (SSSR count). The second-order valence-electron chi connectivity index (χ2n) is 7.86. The number of hydrogen-bond acceptors (Lipinski definition) is 2. The summed E-state index contributed by atoms with van der Waals surface area (Å²) in [5, 5.41) is 3.07. The Labute approximate surface area is 155 Å². The molecule has 0 unspecified atom stereocenters. The lowest BCUT2D eigenvalue weighted by atomic mass is 9.95. The third-order valence-electron chi connectivity index (χ3n) is 4.46. The van der Waals surface area contributed by atoms with Gasteiger partial charge in [-0.15, -0.1) is 0 Å². The topological polar surface area (TPSA) is 49.4 Å². The van der Waals surface area contributed by atoms with Gasteiger partial charge in [-0.25, -0.2) is 4.39 Å². The van der Waals surface area contributed by atoms with Gasteiger partial charge in [-0.2, -0.15) is 0 Å². The standard InChI is InChI=1S/C21H29FN2O2/c1-14(2)11-18-13-24(19(12-15(3)4)21(26)23-18)20(25)10-7-16-5-8-17(22)9-6-16/h5-10,14-15,18-19H,11-13H2,1-4H3,(H,23,26)/t18-,19-/m0/s1. The van der Waals surface area contributed by atoms with Crippen LogP contribution in [0.15, 0.2) is 30.3 Å². The number of carbonyl (C=O) groups excluding carboxylic acids is 2. The summed E-state index contributed by atoms with van der Waals surface area (Å²) in [5.74, 6) is 0.190. The van der Waals surface area contributed by atoms with E-state index >= 15 is 0 Å². The van der Waals surface area contributed by atoms with Crippen molar-refractivity contribution in [2.75, 3.05) is 6.54 Å². The largest absolute Gasteiger partial charge is 0.350 e. The molecule has 1 aliphatic heterocycles. The first kappa shape index (κ1) is 20.1. The molecule has 26 heavy (non-hydrogen) atoms. The molecule has 0 bridgehead atoms. The van der Waals surface area contributed by atoms with Crippen molar-refractivity contribution < 1.29 is 14.0 Å². The lowest BCUT2D eigenvalue weighted by molar-refractivity contribution is -0.142. The minimum absolute atomic E-state index is 0.0194. The molecule has 1 aromatic carbocycles. The summed E-state index contributed by atoms with van der Waals surface area (Å²) in [6.45, 7) is 8.82. The van der Waals surface area contributed by atoms with E-state index in [1.54, 1.807) is 23.1 Å². The summed E-state index contributed by atoms with van der Waals surface area (Å²) in [6, 6.07) is 5.50. The quantitative estimate of drug-likeness (QED) is 0.788. The van der Waals surface area contributed by atoms with E-state index < -0.39 is 6.04 Å². The average Bonchev–Trinajstić information content (AvgIpc) is 2.55. The lowest BCUT2D eigenvalue weighted by Gasteiger charge is -2.40. The SMILES string of the molecule is CC(C)C[C@H]1CN(C(=O)C=Cc2ccc(F)cc2)[C@@H](CC(C)C)C(=O)N1. The smallest absolute Gasteiger partial charge is 0.247 e. The van der Waals surface area contributed by atoms with E-state index in [2.05, 4.69) is 19.2 Å². The van der Waals surface area contributed by atoms with Gasteiger partial charge in [0, 0.05) is 18.7 Å². The Morgan fingerprint density at radius 3 is 2.38 bits per heavy atom. The molecule has 0 radical (unpaired) electrons. The Morgan fingerprint density at radius 1 is 1.19 bits per heavy atom. The summed E-state index contributed by atoms with van der Waals surface area (Å²) in [7, 11) is 0. The van der Waals surface area contributed by atoms with E-state index in [0.29, 0.717) is 24.8 Å². The molecule has 0 aliphatic carbocycles. The maximum atomic E-state index is 13.0. The van der Waals surface area contributed by atoms with E-state index in [9.17, 15) is 14.0 Å². The molecule has 0 aromatic heterocycles. The van der Waals surface area contributed by atoms with Crippen molar-refractivity contribution in [3.63, 3.8) is 0 Å². The summed E-state index contributed by atoms with van der Waals surface area (Å²) < 4.78 is 13.0. The lowest BCUT2D eigenvalue weighted by Crippen LogP contribution is -2.61. The summed E-state index contributed by atoms with van der Waals surface area (Å²) in [6.07, 6.45) is 4.62. The maximum Gasteiger partial charge on any atom is 0.247 e. The average molecular weight is 360 g/mol. The van der Waals surface area contributed by atoms with Crippen LogP contribution in [0.3, 0.4) is 0 Å². The van der Waals surface area contributed by atoms with Gasteiger partial charge in [0.15, 0.2) is 0 Å². The number of carbonyl (C=O) groups is 2. The van der Waals surface area contributed by atoms with Crippen LogP contribution < -0.4 is 5.32 Å². The molecule has 0 saturated carbocycles. The van der Waals surface area contributed by atoms with E-state index in [1.807, 2.05) is 13.8 Å². The Balaban J connectivity index is 2.16. The molecule has 0 spiro atoms. The number of halogens is 1. The predicted octanol–water partition coefficient (Wildman–Crippen LogP) is 3.63. The minimum atomic E-state index is -0.441. The van der Waals surface area contributed by atoms with Crippen LogP contribution >= 0.6 is 0 Å². The van der Waals surface area contributed by atoms with E-state index in [0.717, 1.165) is 12.0 Å². The monoisotopic (exact) mass is 360 g/mol. The first-order valence-electron chi connectivity index (χ1n) is 9.31. The third kappa shape index (κ3) is 5.68. The molecule has 5 heteroatoms. The molecule has 4 nitrogen and oxygen atoms in total. The normalized spacial score (nSPS) is 20.9.